The van der Waals surface area contributed by atoms with Crippen molar-refractivity contribution in [2.45, 2.75) is 0 Å². The van der Waals surface area contributed by atoms with Gasteiger partial charge in [-0.05, 0) is 85.9 Å². The Kier molecular flexibility index (Phi) is 7.54. The van der Waals surface area contributed by atoms with Crippen molar-refractivity contribution in [1.82, 2.24) is 19.5 Å². The van der Waals surface area contributed by atoms with Gasteiger partial charge in [0.2, 0.25) is 0 Å². The second-order valence-corrected chi connectivity index (χ2v) is 16.0. The summed E-state index contributed by atoms with van der Waals surface area (Å²) >= 11 is 0. The van der Waals surface area contributed by atoms with Gasteiger partial charge in [0.1, 0.15) is 11.2 Å². The van der Waals surface area contributed by atoms with Gasteiger partial charge in [0, 0.05) is 44.3 Å². The average molecular weight is 791 g/mol. The van der Waals surface area contributed by atoms with Gasteiger partial charge in [-0.25, -0.2) is 15.0 Å². The van der Waals surface area contributed by atoms with E-state index < -0.39 is 0 Å². The van der Waals surface area contributed by atoms with E-state index in [2.05, 4.69) is 180 Å². The number of hydrogen-bond donors (Lipinski definition) is 0. The molecule has 0 aliphatic carbocycles. The lowest BCUT2D eigenvalue weighted by Gasteiger charge is -2.14. The lowest BCUT2D eigenvalue weighted by Crippen LogP contribution is -2.02. The third-order valence-electron chi connectivity index (χ3n) is 12.4. The SMILES string of the molecule is c1ccc(-c2ccc3cc4c(cc3c2)c2cc3ccccc3cc2n4-c2cc(-c3nc(-c4ccccc4)nc(-c4cccc5ccccc45)n3)c3c(c2)oc2ccccc23)cc1. The number of fused-ring (bicyclic) bond motifs is 9. The third kappa shape index (κ3) is 5.45. The van der Waals surface area contributed by atoms with Crippen LogP contribution in [0.5, 0.6) is 0 Å². The summed E-state index contributed by atoms with van der Waals surface area (Å²) in [5.74, 6) is 1.79. The minimum Gasteiger partial charge on any atom is -0.456 e. The number of benzene rings is 10. The molecule has 0 fully saturated rings. The van der Waals surface area contributed by atoms with Crippen LogP contribution in [0.4, 0.5) is 0 Å². The van der Waals surface area contributed by atoms with E-state index in [4.69, 9.17) is 19.4 Å². The lowest BCUT2D eigenvalue weighted by atomic mass is 9.99. The number of nitrogens with zero attached hydrogens (tertiary/aromatic N) is 4. The van der Waals surface area contributed by atoms with Crippen molar-refractivity contribution in [3.8, 4) is 51.0 Å². The average Bonchev–Trinajstić information content (AvgIpc) is 3.86. The summed E-state index contributed by atoms with van der Waals surface area (Å²) in [7, 11) is 0. The number of aromatic nitrogens is 4. The molecule has 0 saturated carbocycles. The zero-order valence-electron chi connectivity index (χ0n) is 33.3. The van der Waals surface area contributed by atoms with Crippen LogP contribution in [0.2, 0.25) is 0 Å². The summed E-state index contributed by atoms with van der Waals surface area (Å²) in [4.78, 5) is 15.8. The predicted octanol–water partition coefficient (Wildman–Crippen LogP) is 15.0. The van der Waals surface area contributed by atoms with Crippen molar-refractivity contribution in [2.75, 3.05) is 0 Å². The number of hydrogen-bond acceptors (Lipinski definition) is 4. The Morgan fingerprint density at radius 3 is 1.68 bits per heavy atom. The maximum absolute atomic E-state index is 6.78. The Morgan fingerprint density at radius 2 is 0.903 bits per heavy atom. The highest BCUT2D eigenvalue weighted by Crippen LogP contribution is 2.43. The second kappa shape index (κ2) is 13.6. The standard InChI is InChI=1S/C57H34N4O/c1-3-14-35(15-4-1)40-26-27-41-32-51-48(30-42(41)28-40)47-29-38-19-7-8-20-39(38)31-50(47)61(51)43-33-49(54-46-23-11-12-25-52(46)62-53(54)34-43)57-59-55(37-17-5-2-6-18-37)58-56(60-57)45-24-13-21-36-16-9-10-22-44(36)45/h1-34H. The molecule has 62 heavy (non-hydrogen) atoms. The molecule has 0 bridgehead atoms. The van der Waals surface area contributed by atoms with Gasteiger partial charge in [-0.15, -0.1) is 0 Å². The van der Waals surface area contributed by atoms with E-state index >= 15 is 0 Å². The van der Waals surface area contributed by atoms with Gasteiger partial charge in [0.05, 0.1) is 16.7 Å². The van der Waals surface area contributed by atoms with E-state index in [1.807, 2.05) is 30.3 Å². The van der Waals surface area contributed by atoms with Crippen LogP contribution in [-0.2, 0) is 0 Å². The van der Waals surface area contributed by atoms with E-state index in [0.29, 0.717) is 17.5 Å². The summed E-state index contributed by atoms with van der Waals surface area (Å²) < 4.78 is 9.17. The van der Waals surface area contributed by atoms with Crippen LogP contribution in [0, 0.1) is 0 Å². The van der Waals surface area contributed by atoms with E-state index in [-0.39, 0.29) is 0 Å². The monoisotopic (exact) mass is 790 g/mol. The molecule has 0 unspecified atom stereocenters. The Morgan fingerprint density at radius 1 is 0.323 bits per heavy atom. The quantitative estimate of drug-likeness (QED) is 0.174. The van der Waals surface area contributed by atoms with Crippen LogP contribution in [0.25, 0.3) is 127 Å². The van der Waals surface area contributed by atoms with Crippen LogP contribution in [0.3, 0.4) is 0 Å². The molecule has 3 aromatic heterocycles. The molecule has 0 spiro atoms. The number of furan rings is 1. The van der Waals surface area contributed by atoms with Gasteiger partial charge in [-0.2, -0.15) is 0 Å². The van der Waals surface area contributed by atoms with E-state index in [0.717, 1.165) is 66.1 Å². The number of rotatable bonds is 5. The highest BCUT2D eigenvalue weighted by molar-refractivity contribution is 6.18. The molecular weight excluding hydrogens is 757 g/mol. The number of para-hydroxylation sites is 1. The first-order valence-corrected chi connectivity index (χ1v) is 20.9. The minimum atomic E-state index is 0.574. The summed E-state index contributed by atoms with van der Waals surface area (Å²) in [5, 5.41) is 11.3. The molecule has 5 nitrogen and oxygen atoms in total. The molecule has 288 valence electrons. The van der Waals surface area contributed by atoms with Gasteiger partial charge >= 0.3 is 0 Å². The fourth-order valence-corrected chi connectivity index (χ4v) is 9.43. The van der Waals surface area contributed by atoms with Crippen LogP contribution >= 0.6 is 0 Å². The molecule has 5 heteroatoms. The Hall–Kier alpha value is -8.41. The van der Waals surface area contributed by atoms with Crippen molar-refractivity contribution < 1.29 is 4.42 Å². The van der Waals surface area contributed by atoms with Crippen molar-refractivity contribution in [1.29, 1.82) is 0 Å². The largest absolute Gasteiger partial charge is 0.456 e. The zero-order chi connectivity index (χ0) is 40.7. The fraction of sp³-hybridized carbons (Fsp3) is 0. The molecule has 0 atom stereocenters. The highest BCUT2D eigenvalue weighted by atomic mass is 16.3. The molecule has 0 N–H and O–H groups in total. The minimum absolute atomic E-state index is 0.574. The molecular formula is C57H34N4O. The zero-order valence-corrected chi connectivity index (χ0v) is 33.3. The van der Waals surface area contributed by atoms with E-state index in [1.54, 1.807) is 0 Å². The Balaban J connectivity index is 1.12. The van der Waals surface area contributed by atoms with Gasteiger partial charge in [0.15, 0.2) is 17.5 Å². The molecule has 3 heterocycles. The van der Waals surface area contributed by atoms with Gasteiger partial charge in [-0.3, -0.25) is 0 Å². The van der Waals surface area contributed by atoms with Crippen molar-refractivity contribution in [3.05, 3.63) is 206 Å². The first kappa shape index (κ1) is 34.5. The molecule has 13 rings (SSSR count). The summed E-state index contributed by atoms with van der Waals surface area (Å²) in [6, 6.07) is 72.9. The Bertz CT molecular complexity index is 3920. The van der Waals surface area contributed by atoms with Crippen molar-refractivity contribution >= 4 is 76.1 Å². The van der Waals surface area contributed by atoms with Crippen molar-refractivity contribution in [2.24, 2.45) is 0 Å². The smallest absolute Gasteiger partial charge is 0.164 e. The first-order valence-electron chi connectivity index (χ1n) is 20.9. The van der Waals surface area contributed by atoms with Crippen LogP contribution in [0.1, 0.15) is 0 Å². The summed E-state index contributed by atoms with van der Waals surface area (Å²) in [5.41, 5.74) is 9.86. The lowest BCUT2D eigenvalue weighted by molar-refractivity contribution is 0.668. The van der Waals surface area contributed by atoms with Crippen LogP contribution < -0.4 is 0 Å². The predicted molar refractivity (Wildman–Crippen MR) is 256 cm³/mol. The molecule has 0 saturated heterocycles. The molecule has 0 radical (unpaired) electrons. The summed E-state index contributed by atoms with van der Waals surface area (Å²) in [6.07, 6.45) is 0. The van der Waals surface area contributed by atoms with Crippen LogP contribution in [0.15, 0.2) is 211 Å². The van der Waals surface area contributed by atoms with Gasteiger partial charge in [0.25, 0.3) is 0 Å². The molecule has 0 aliphatic heterocycles. The maximum Gasteiger partial charge on any atom is 0.164 e. The van der Waals surface area contributed by atoms with E-state index in [9.17, 15) is 0 Å². The summed E-state index contributed by atoms with van der Waals surface area (Å²) in [6.45, 7) is 0. The van der Waals surface area contributed by atoms with Crippen LogP contribution in [-0.4, -0.2) is 19.5 Å². The molecule has 10 aromatic carbocycles. The highest BCUT2D eigenvalue weighted by Gasteiger charge is 2.23. The third-order valence-corrected chi connectivity index (χ3v) is 12.4. The molecule has 0 amide bonds. The molecule has 0 aliphatic rings. The second-order valence-electron chi connectivity index (χ2n) is 16.0. The topological polar surface area (TPSA) is 56.7 Å². The maximum atomic E-state index is 6.78. The fourth-order valence-electron chi connectivity index (χ4n) is 9.43. The van der Waals surface area contributed by atoms with Crippen molar-refractivity contribution in [3.63, 3.8) is 0 Å². The Labute approximate surface area is 355 Å². The normalized spacial score (nSPS) is 11.9. The van der Waals surface area contributed by atoms with E-state index in [1.165, 1.54) is 43.4 Å². The van der Waals surface area contributed by atoms with Gasteiger partial charge < -0.3 is 8.98 Å². The first-order chi connectivity index (χ1) is 30.7. The van der Waals surface area contributed by atoms with Gasteiger partial charge in [-0.1, -0.05) is 158 Å². The molecule has 13 aromatic rings.